The summed E-state index contributed by atoms with van der Waals surface area (Å²) in [6.45, 7) is 3.94. The van der Waals surface area contributed by atoms with E-state index in [-0.39, 0.29) is 0 Å². The molecular formula is C12H22O5S. The first kappa shape index (κ1) is 17.6. The van der Waals surface area contributed by atoms with E-state index in [0.717, 1.165) is 0 Å². The minimum atomic E-state index is -0.791. The van der Waals surface area contributed by atoms with Crippen LogP contribution in [-0.4, -0.2) is 69.1 Å². The van der Waals surface area contributed by atoms with E-state index in [1.54, 1.807) is 6.26 Å². The number of hydrogen-bond acceptors (Lipinski definition) is 5. The molecule has 0 aliphatic carbocycles. The van der Waals surface area contributed by atoms with E-state index in [0.29, 0.717) is 58.6 Å². The Balaban J connectivity index is 2.95. The van der Waals surface area contributed by atoms with Crippen molar-refractivity contribution in [3.05, 3.63) is 0 Å². The average Bonchev–Trinajstić information content (AvgIpc) is 2.34. The number of rotatable bonds is 13. The van der Waals surface area contributed by atoms with Crippen molar-refractivity contribution in [3.8, 4) is 12.3 Å². The molecule has 0 heterocycles. The summed E-state index contributed by atoms with van der Waals surface area (Å²) in [5.41, 5.74) is 0. The lowest BCUT2D eigenvalue weighted by Crippen LogP contribution is -2.13. The lowest BCUT2D eigenvalue weighted by molar-refractivity contribution is 0.00307. The van der Waals surface area contributed by atoms with Gasteiger partial charge in [0.25, 0.3) is 0 Å². The van der Waals surface area contributed by atoms with Gasteiger partial charge in [-0.1, -0.05) is 5.92 Å². The zero-order valence-corrected chi connectivity index (χ0v) is 11.7. The van der Waals surface area contributed by atoms with Gasteiger partial charge in [-0.05, 0) is 0 Å². The van der Waals surface area contributed by atoms with Crippen molar-refractivity contribution >= 4 is 10.8 Å². The van der Waals surface area contributed by atoms with Gasteiger partial charge in [-0.15, -0.1) is 6.42 Å². The Labute approximate surface area is 112 Å². The fraction of sp³-hybridized carbons (Fsp3) is 0.833. The second kappa shape index (κ2) is 14.6. The Kier molecular flexibility index (Phi) is 14.2. The Morgan fingerprint density at radius 2 is 1.33 bits per heavy atom. The monoisotopic (exact) mass is 278 g/mol. The summed E-state index contributed by atoms with van der Waals surface area (Å²) in [4.78, 5) is 0. The van der Waals surface area contributed by atoms with E-state index in [2.05, 4.69) is 5.92 Å². The van der Waals surface area contributed by atoms with Gasteiger partial charge in [-0.3, -0.25) is 4.21 Å². The van der Waals surface area contributed by atoms with Gasteiger partial charge >= 0.3 is 0 Å². The minimum absolute atomic E-state index is 0.319. The van der Waals surface area contributed by atoms with Crippen LogP contribution >= 0.6 is 0 Å². The van der Waals surface area contributed by atoms with Crippen molar-refractivity contribution in [2.75, 3.05) is 64.9 Å². The summed E-state index contributed by atoms with van der Waals surface area (Å²) in [5, 5.41) is 0. The maximum absolute atomic E-state index is 10.7. The fourth-order valence-electron chi connectivity index (χ4n) is 0.967. The van der Waals surface area contributed by atoms with Crippen LogP contribution in [-0.2, 0) is 29.7 Å². The molecule has 0 spiro atoms. The van der Waals surface area contributed by atoms with Crippen LogP contribution < -0.4 is 0 Å². The lowest BCUT2D eigenvalue weighted by atomic mass is 10.7. The third kappa shape index (κ3) is 15.6. The van der Waals surface area contributed by atoms with Gasteiger partial charge in [0.05, 0.1) is 46.2 Å². The van der Waals surface area contributed by atoms with Crippen molar-refractivity contribution in [1.82, 2.24) is 0 Å². The molecule has 0 N–H and O–H groups in total. The summed E-state index contributed by atoms with van der Waals surface area (Å²) in [5.74, 6) is 2.94. The van der Waals surface area contributed by atoms with Crippen molar-refractivity contribution in [3.63, 3.8) is 0 Å². The smallest absolute Gasteiger partial charge is 0.107 e. The Bertz CT molecular complexity index is 239. The molecule has 0 saturated heterocycles. The maximum atomic E-state index is 10.7. The van der Waals surface area contributed by atoms with Crippen LogP contribution in [0.1, 0.15) is 0 Å². The van der Waals surface area contributed by atoms with Gasteiger partial charge in [0.2, 0.25) is 0 Å². The molecule has 0 aromatic rings. The molecule has 0 saturated carbocycles. The van der Waals surface area contributed by atoms with Crippen LogP contribution in [0.5, 0.6) is 0 Å². The lowest BCUT2D eigenvalue weighted by Gasteiger charge is -2.06. The van der Waals surface area contributed by atoms with Crippen LogP contribution in [0.15, 0.2) is 0 Å². The quantitative estimate of drug-likeness (QED) is 0.352. The summed E-state index contributed by atoms with van der Waals surface area (Å²) in [6, 6.07) is 0. The number of hydrogen-bond donors (Lipinski definition) is 0. The van der Waals surface area contributed by atoms with Crippen LogP contribution in [0.4, 0.5) is 0 Å². The highest BCUT2D eigenvalue weighted by molar-refractivity contribution is 7.84. The predicted molar refractivity (Wildman–Crippen MR) is 71.0 cm³/mol. The molecule has 1 atom stereocenters. The van der Waals surface area contributed by atoms with Crippen LogP contribution in [0.25, 0.3) is 0 Å². The van der Waals surface area contributed by atoms with Gasteiger partial charge in [0.15, 0.2) is 0 Å². The number of ether oxygens (including phenoxy) is 4. The van der Waals surface area contributed by atoms with Crippen LogP contribution in [0.3, 0.4) is 0 Å². The van der Waals surface area contributed by atoms with Crippen LogP contribution in [0, 0.1) is 12.3 Å². The molecule has 106 valence electrons. The molecule has 0 fully saturated rings. The molecule has 0 rings (SSSR count). The maximum Gasteiger partial charge on any atom is 0.107 e. The summed E-state index contributed by atoms with van der Waals surface area (Å²) in [7, 11) is -0.791. The highest BCUT2D eigenvalue weighted by Crippen LogP contribution is 1.83. The van der Waals surface area contributed by atoms with E-state index in [4.69, 9.17) is 25.4 Å². The van der Waals surface area contributed by atoms with Crippen molar-refractivity contribution in [2.45, 2.75) is 0 Å². The van der Waals surface area contributed by atoms with Gasteiger partial charge in [-0.25, -0.2) is 0 Å². The van der Waals surface area contributed by atoms with Gasteiger partial charge in [-0.2, -0.15) is 0 Å². The van der Waals surface area contributed by atoms with E-state index >= 15 is 0 Å². The van der Waals surface area contributed by atoms with E-state index in [1.807, 2.05) is 0 Å². The third-order valence-corrected chi connectivity index (χ3v) is 2.56. The van der Waals surface area contributed by atoms with Crippen molar-refractivity contribution < 1.29 is 23.2 Å². The molecule has 0 aromatic heterocycles. The van der Waals surface area contributed by atoms with E-state index in [9.17, 15) is 4.21 Å². The molecule has 0 aliphatic heterocycles. The highest BCUT2D eigenvalue weighted by Gasteiger charge is 1.93. The molecule has 1 unspecified atom stereocenters. The first-order valence-corrected chi connectivity index (χ1v) is 7.54. The first-order valence-electron chi connectivity index (χ1n) is 5.82. The summed E-state index contributed by atoms with van der Waals surface area (Å²) >= 11 is 0. The topological polar surface area (TPSA) is 54.0 Å². The molecule has 0 radical (unpaired) electrons. The second-order valence-electron chi connectivity index (χ2n) is 3.37. The average molecular weight is 278 g/mol. The molecule has 5 nitrogen and oxygen atoms in total. The highest BCUT2D eigenvalue weighted by atomic mass is 32.2. The van der Waals surface area contributed by atoms with Crippen molar-refractivity contribution in [2.24, 2.45) is 0 Å². The molecule has 0 aliphatic rings. The molecular weight excluding hydrogens is 256 g/mol. The molecule has 18 heavy (non-hydrogen) atoms. The number of terminal acetylenes is 1. The molecule has 0 bridgehead atoms. The summed E-state index contributed by atoms with van der Waals surface area (Å²) < 4.78 is 31.5. The third-order valence-electron chi connectivity index (χ3n) is 1.82. The second-order valence-corrected chi connectivity index (χ2v) is 4.93. The zero-order chi connectivity index (χ0) is 13.5. The predicted octanol–water partition coefficient (Wildman–Crippen LogP) is 0.0645. The largest absolute Gasteiger partial charge is 0.378 e. The Morgan fingerprint density at radius 1 is 0.889 bits per heavy atom. The molecule has 0 aromatic carbocycles. The van der Waals surface area contributed by atoms with Crippen LogP contribution in [0.2, 0.25) is 0 Å². The van der Waals surface area contributed by atoms with Gasteiger partial charge < -0.3 is 18.9 Å². The van der Waals surface area contributed by atoms with E-state index in [1.165, 1.54) is 0 Å². The normalized spacial score (nSPS) is 12.2. The van der Waals surface area contributed by atoms with E-state index < -0.39 is 10.8 Å². The van der Waals surface area contributed by atoms with Crippen molar-refractivity contribution in [1.29, 1.82) is 0 Å². The molecule has 6 heteroatoms. The van der Waals surface area contributed by atoms with Gasteiger partial charge in [0, 0.05) is 22.8 Å². The summed E-state index contributed by atoms with van der Waals surface area (Å²) in [6.07, 6.45) is 6.67. The minimum Gasteiger partial charge on any atom is -0.378 e. The standard InChI is InChI=1S/C12H22O5S/c1-3-4-14-5-6-15-7-8-16-9-10-17-11-12-18(2)13/h1H,4-12H2,2H3. The van der Waals surface area contributed by atoms with Gasteiger partial charge in [0.1, 0.15) is 6.61 Å². The Morgan fingerprint density at radius 3 is 1.78 bits per heavy atom. The first-order chi connectivity index (χ1) is 8.77. The fourth-order valence-corrected chi connectivity index (χ4v) is 1.32. The SMILES string of the molecule is C#CCOCCOCCOCCOCCS(C)=O. The zero-order valence-electron chi connectivity index (χ0n) is 10.9. The Hall–Kier alpha value is -0.450. The molecule has 0 amide bonds.